The van der Waals surface area contributed by atoms with Gasteiger partial charge in [-0.2, -0.15) is 0 Å². The summed E-state index contributed by atoms with van der Waals surface area (Å²) in [4.78, 5) is 27.6. The van der Waals surface area contributed by atoms with Gasteiger partial charge in [-0.05, 0) is 49.2 Å². The molecule has 7 nitrogen and oxygen atoms in total. The van der Waals surface area contributed by atoms with Crippen molar-refractivity contribution in [2.75, 3.05) is 32.4 Å². The summed E-state index contributed by atoms with van der Waals surface area (Å²) in [5, 5.41) is 11.2. The topological polar surface area (TPSA) is 92.7 Å². The van der Waals surface area contributed by atoms with Crippen molar-refractivity contribution >= 4 is 17.3 Å². The summed E-state index contributed by atoms with van der Waals surface area (Å²) in [6.07, 6.45) is 2.52. The van der Waals surface area contributed by atoms with Gasteiger partial charge >= 0.3 is 0 Å². The molecule has 1 fully saturated rings. The van der Waals surface area contributed by atoms with Gasteiger partial charge in [-0.3, -0.25) is 19.8 Å². The molecule has 2 N–H and O–H groups in total. The number of benzene rings is 2. The quantitative estimate of drug-likeness (QED) is 0.451. The molecular formula is C21H26N4O3. The number of likely N-dealkylation sites (tertiary alicyclic amines) is 1. The molecule has 1 aliphatic rings. The number of rotatable bonds is 7. The third kappa shape index (κ3) is 4.86. The Labute approximate surface area is 164 Å². The van der Waals surface area contributed by atoms with Crippen molar-refractivity contribution in [1.29, 1.82) is 0 Å². The summed E-state index contributed by atoms with van der Waals surface area (Å²) >= 11 is 0. The Balaban J connectivity index is 1.75. The first kappa shape index (κ1) is 19.8. The molecule has 0 bridgehead atoms. The first-order valence-electron chi connectivity index (χ1n) is 9.51. The lowest BCUT2D eigenvalue weighted by molar-refractivity contribution is -0.385. The predicted octanol–water partition coefficient (Wildman–Crippen LogP) is 3.02. The van der Waals surface area contributed by atoms with Crippen molar-refractivity contribution < 1.29 is 9.72 Å². The number of hydrogen-bond acceptors (Lipinski definition) is 5. The third-order valence-electron chi connectivity index (χ3n) is 5.25. The van der Waals surface area contributed by atoms with Gasteiger partial charge in [0.15, 0.2) is 0 Å². The van der Waals surface area contributed by atoms with Crippen LogP contribution in [0.25, 0.3) is 0 Å². The van der Waals surface area contributed by atoms with Gasteiger partial charge in [-0.25, -0.2) is 0 Å². The SMILES string of the molecule is CN(CC(c1cccc([N+](=O)[O-])c1)N1CCCC1)C(=O)Cc1ccc(N)cc1. The zero-order valence-electron chi connectivity index (χ0n) is 16.1. The van der Waals surface area contributed by atoms with Crippen LogP contribution >= 0.6 is 0 Å². The van der Waals surface area contributed by atoms with Gasteiger partial charge in [-0.1, -0.05) is 24.3 Å². The molecular weight excluding hydrogens is 356 g/mol. The molecule has 0 radical (unpaired) electrons. The zero-order valence-corrected chi connectivity index (χ0v) is 16.1. The number of nitrogens with zero attached hydrogens (tertiary/aromatic N) is 3. The van der Waals surface area contributed by atoms with Crippen molar-refractivity contribution in [3.63, 3.8) is 0 Å². The molecule has 0 saturated carbocycles. The number of non-ortho nitro benzene ring substituents is 1. The van der Waals surface area contributed by atoms with Crippen molar-refractivity contribution in [2.24, 2.45) is 0 Å². The smallest absolute Gasteiger partial charge is 0.269 e. The first-order chi connectivity index (χ1) is 13.4. The van der Waals surface area contributed by atoms with E-state index in [0.717, 1.165) is 37.1 Å². The minimum Gasteiger partial charge on any atom is -0.399 e. The van der Waals surface area contributed by atoms with Crippen molar-refractivity contribution in [2.45, 2.75) is 25.3 Å². The number of nitrogens with two attached hydrogens (primary N) is 1. The second-order valence-corrected chi connectivity index (χ2v) is 7.30. The van der Waals surface area contributed by atoms with Crippen LogP contribution in [-0.4, -0.2) is 47.3 Å². The lowest BCUT2D eigenvalue weighted by Gasteiger charge is -2.31. The Morgan fingerprint density at radius 1 is 1.21 bits per heavy atom. The molecule has 1 saturated heterocycles. The normalized spacial score (nSPS) is 15.3. The maximum Gasteiger partial charge on any atom is 0.269 e. The van der Waals surface area contributed by atoms with E-state index in [1.807, 2.05) is 18.2 Å². The molecule has 2 aromatic carbocycles. The molecule has 1 heterocycles. The van der Waals surface area contributed by atoms with Gasteiger partial charge in [0.05, 0.1) is 17.4 Å². The highest BCUT2D eigenvalue weighted by molar-refractivity contribution is 5.78. The molecule has 1 atom stereocenters. The van der Waals surface area contributed by atoms with Crippen molar-refractivity contribution in [3.05, 3.63) is 69.8 Å². The van der Waals surface area contributed by atoms with Crippen LogP contribution in [0.4, 0.5) is 11.4 Å². The Morgan fingerprint density at radius 2 is 1.89 bits per heavy atom. The zero-order chi connectivity index (χ0) is 20.1. The average Bonchev–Trinajstić information content (AvgIpc) is 3.22. The van der Waals surface area contributed by atoms with E-state index < -0.39 is 0 Å². The summed E-state index contributed by atoms with van der Waals surface area (Å²) in [6, 6.07) is 14.0. The van der Waals surface area contributed by atoms with Crippen LogP contribution in [0, 0.1) is 10.1 Å². The van der Waals surface area contributed by atoms with E-state index in [1.54, 1.807) is 36.2 Å². The minimum atomic E-state index is -0.374. The summed E-state index contributed by atoms with van der Waals surface area (Å²) < 4.78 is 0. The highest BCUT2D eigenvalue weighted by atomic mass is 16.6. The second kappa shape index (κ2) is 8.84. The first-order valence-corrected chi connectivity index (χ1v) is 9.51. The minimum absolute atomic E-state index is 0.0133. The standard InChI is InChI=1S/C21H26N4O3/c1-23(21(26)13-16-7-9-18(22)10-8-16)15-20(24-11-2-3-12-24)17-5-4-6-19(14-17)25(27)28/h4-10,14,20H,2-3,11-13,15,22H2,1H3. The number of anilines is 1. The Bertz CT molecular complexity index is 832. The largest absolute Gasteiger partial charge is 0.399 e. The number of nitrogen functional groups attached to an aromatic ring is 1. The molecule has 1 amide bonds. The van der Waals surface area contributed by atoms with E-state index in [0.29, 0.717) is 18.7 Å². The molecule has 0 aliphatic carbocycles. The average molecular weight is 382 g/mol. The van der Waals surface area contributed by atoms with E-state index in [-0.39, 0.29) is 22.6 Å². The summed E-state index contributed by atoms with van der Waals surface area (Å²) in [7, 11) is 1.79. The van der Waals surface area contributed by atoms with Gasteiger partial charge in [-0.15, -0.1) is 0 Å². The molecule has 1 unspecified atom stereocenters. The van der Waals surface area contributed by atoms with Gasteiger partial charge in [0.25, 0.3) is 5.69 Å². The van der Waals surface area contributed by atoms with E-state index >= 15 is 0 Å². The van der Waals surface area contributed by atoms with E-state index in [9.17, 15) is 14.9 Å². The highest BCUT2D eigenvalue weighted by Crippen LogP contribution is 2.28. The fraction of sp³-hybridized carbons (Fsp3) is 0.381. The van der Waals surface area contributed by atoms with E-state index in [2.05, 4.69) is 4.90 Å². The van der Waals surface area contributed by atoms with Crippen LogP contribution in [0.5, 0.6) is 0 Å². The lowest BCUT2D eigenvalue weighted by atomic mass is 10.0. The fourth-order valence-corrected chi connectivity index (χ4v) is 3.64. The van der Waals surface area contributed by atoms with Crippen LogP contribution < -0.4 is 5.73 Å². The summed E-state index contributed by atoms with van der Waals surface area (Å²) in [5.41, 5.74) is 8.25. The second-order valence-electron chi connectivity index (χ2n) is 7.30. The number of nitro groups is 1. The Morgan fingerprint density at radius 3 is 2.54 bits per heavy atom. The Kier molecular flexibility index (Phi) is 6.26. The lowest BCUT2D eigenvalue weighted by Crippen LogP contribution is -2.38. The van der Waals surface area contributed by atoms with Crippen molar-refractivity contribution in [3.8, 4) is 0 Å². The van der Waals surface area contributed by atoms with Gasteiger partial charge in [0, 0.05) is 31.4 Å². The van der Waals surface area contributed by atoms with Gasteiger partial charge in [0.1, 0.15) is 0 Å². The van der Waals surface area contributed by atoms with E-state index in [1.165, 1.54) is 6.07 Å². The summed E-state index contributed by atoms with van der Waals surface area (Å²) in [6.45, 7) is 2.37. The molecule has 0 spiro atoms. The van der Waals surface area contributed by atoms with E-state index in [4.69, 9.17) is 5.73 Å². The number of nitro benzene ring substituents is 1. The Hall–Kier alpha value is -2.93. The molecule has 28 heavy (non-hydrogen) atoms. The molecule has 2 aromatic rings. The number of carbonyl (C=O) groups is 1. The summed E-state index contributed by atoms with van der Waals surface area (Å²) in [5.74, 6) is 0.0133. The predicted molar refractivity (Wildman–Crippen MR) is 109 cm³/mol. The van der Waals surface area contributed by atoms with Gasteiger partial charge in [0.2, 0.25) is 5.91 Å². The maximum atomic E-state index is 12.7. The van der Waals surface area contributed by atoms with Gasteiger partial charge < -0.3 is 10.6 Å². The van der Waals surface area contributed by atoms with Crippen LogP contribution in [0.15, 0.2) is 48.5 Å². The molecule has 7 heteroatoms. The van der Waals surface area contributed by atoms with Crippen molar-refractivity contribution in [1.82, 2.24) is 9.80 Å². The van der Waals surface area contributed by atoms with Crippen LogP contribution in [0.1, 0.15) is 30.0 Å². The maximum absolute atomic E-state index is 12.7. The molecule has 1 aliphatic heterocycles. The number of amides is 1. The fourth-order valence-electron chi connectivity index (χ4n) is 3.64. The monoisotopic (exact) mass is 382 g/mol. The number of likely N-dealkylation sites (N-methyl/N-ethyl adjacent to an activating group) is 1. The highest BCUT2D eigenvalue weighted by Gasteiger charge is 2.27. The van der Waals surface area contributed by atoms with Crippen LogP contribution in [-0.2, 0) is 11.2 Å². The number of hydrogen-bond donors (Lipinski definition) is 1. The van der Waals surface area contributed by atoms with Crippen LogP contribution in [0.2, 0.25) is 0 Å². The molecule has 0 aromatic heterocycles. The molecule has 3 rings (SSSR count). The molecule has 148 valence electrons. The number of carbonyl (C=O) groups excluding carboxylic acids is 1. The third-order valence-corrected chi connectivity index (χ3v) is 5.25. The van der Waals surface area contributed by atoms with Crippen LogP contribution in [0.3, 0.4) is 0 Å².